The van der Waals surface area contributed by atoms with Crippen LogP contribution in [0.5, 0.6) is 11.5 Å². The Bertz CT molecular complexity index is 516. The first-order valence-corrected chi connectivity index (χ1v) is 15.9. The highest BCUT2D eigenvalue weighted by Gasteiger charge is 2.04. The zero-order valence-electron chi connectivity index (χ0n) is 22.7. The van der Waals surface area contributed by atoms with E-state index in [0.717, 1.165) is 42.9 Å². The summed E-state index contributed by atoms with van der Waals surface area (Å²) in [4.78, 5) is 0. The van der Waals surface area contributed by atoms with Crippen molar-refractivity contribution in [1.82, 2.24) is 0 Å². The molecule has 0 heterocycles. The third-order valence-corrected chi connectivity index (χ3v) is 7.27. The number of benzene rings is 1. The number of halogens is 1. The van der Waals surface area contributed by atoms with Gasteiger partial charge < -0.3 is 9.47 Å². The SMILES string of the molecule is CCCCCCCCCCCCOc1cc(CBr)cc(OCCCCCCCCCCCC)c1. The molecule has 1 aromatic rings. The largest absolute Gasteiger partial charge is 0.493 e. The molecule has 3 heteroatoms. The maximum atomic E-state index is 6.07. The Hall–Kier alpha value is -0.700. The third kappa shape index (κ3) is 18.6. The summed E-state index contributed by atoms with van der Waals surface area (Å²) in [7, 11) is 0. The molecule has 34 heavy (non-hydrogen) atoms. The van der Waals surface area contributed by atoms with Gasteiger partial charge in [-0.05, 0) is 30.5 Å². The molecule has 1 rings (SSSR count). The smallest absolute Gasteiger partial charge is 0.123 e. The number of hydrogen-bond acceptors (Lipinski definition) is 2. The van der Waals surface area contributed by atoms with Crippen LogP contribution < -0.4 is 9.47 Å². The van der Waals surface area contributed by atoms with Crippen LogP contribution in [-0.2, 0) is 5.33 Å². The van der Waals surface area contributed by atoms with E-state index in [-0.39, 0.29) is 0 Å². The molecule has 0 aliphatic rings. The van der Waals surface area contributed by atoms with E-state index >= 15 is 0 Å². The second-order valence-corrected chi connectivity index (χ2v) is 10.6. The highest BCUT2D eigenvalue weighted by Crippen LogP contribution is 2.25. The lowest BCUT2D eigenvalue weighted by Gasteiger charge is -2.12. The van der Waals surface area contributed by atoms with E-state index in [1.54, 1.807) is 0 Å². The van der Waals surface area contributed by atoms with Gasteiger partial charge in [-0.25, -0.2) is 0 Å². The summed E-state index contributed by atoms with van der Waals surface area (Å²) in [6.45, 7) is 6.18. The minimum atomic E-state index is 0.806. The van der Waals surface area contributed by atoms with Gasteiger partial charge in [0.15, 0.2) is 0 Å². The molecule has 0 saturated carbocycles. The van der Waals surface area contributed by atoms with Crippen molar-refractivity contribution in [2.75, 3.05) is 13.2 Å². The first-order valence-electron chi connectivity index (χ1n) is 14.8. The second kappa shape index (κ2) is 24.0. The van der Waals surface area contributed by atoms with E-state index in [0.29, 0.717) is 0 Å². The highest BCUT2D eigenvalue weighted by atomic mass is 79.9. The topological polar surface area (TPSA) is 18.5 Å². The Morgan fingerprint density at radius 3 is 1.12 bits per heavy atom. The standard InChI is InChI=1S/C31H55BrO2/c1-3-5-7-9-11-13-15-17-19-21-23-33-30-25-29(28-32)26-31(27-30)34-24-22-20-18-16-14-12-10-8-6-4-2/h25-27H,3-24,28H2,1-2H3. The van der Waals surface area contributed by atoms with E-state index in [2.05, 4.69) is 48.0 Å². The van der Waals surface area contributed by atoms with E-state index in [4.69, 9.17) is 9.47 Å². The molecule has 0 bridgehead atoms. The predicted octanol–water partition coefficient (Wildman–Crippen LogP) is 11.2. The monoisotopic (exact) mass is 538 g/mol. The first-order chi connectivity index (χ1) is 16.8. The Kier molecular flexibility index (Phi) is 22.1. The van der Waals surface area contributed by atoms with E-state index in [1.807, 2.05) is 0 Å². The van der Waals surface area contributed by atoms with Gasteiger partial charge in [0.05, 0.1) is 13.2 Å². The maximum Gasteiger partial charge on any atom is 0.123 e. The van der Waals surface area contributed by atoms with Crippen molar-refractivity contribution in [2.45, 2.75) is 148 Å². The number of hydrogen-bond donors (Lipinski definition) is 0. The van der Waals surface area contributed by atoms with Gasteiger partial charge in [-0.3, -0.25) is 0 Å². The molecule has 0 atom stereocenters. The fourth-order valence-electron chi connectivity index (χ4n) is 4.43. The summed E-state index contributed by atoms with van der Waals surface area (Å²) in [5.74, 6) is 1.90. The molecule has 198 valence electrons. The molecule has 0 aliphatic carbocycles. The Morgan fingerprint density at radius 1 is 0.471 bits per heavy atom. The molecule has 0 saturated heterocycles. The molecule has 1 aromatic carbocycles. The van der Waals surface area contributed by atoms with Crippen molar-refractivity contribution in [3.63, 3.8) is 0 Å². The van der Waals surface area contributed by atoms with Crippen LogP contribution in [0.15, 0.2) is 18.2 Å². The minimum Gasteiger partial charge on any atom is -0.493 e. The van der Waals surface area contributed by atoms with Crippen molar-refractivity contribution in [1.29, 1.82) is 0 Å². The normalized spacial score (nSPS) is 11.1. The summed E-state index contributed by atoms with van der Waals surface area (Å²) < 4.78 is 12.1. The van der Waals surface area contributed by atoms with Gasteiger partial charge in [0.25, 0.3) is 0 Å². The summed E-state index contributed by atoms with van der Waals surface area (Å²) in [6, 6.07) is 6.34. The van der Waals surface area contributed by atoms with Gasteiger partial charge in [0.1, 0.15) is 11.5 Å². The van der Waals surface area contributed by atoms with E-state index in [9.17, 15) is 0 Å². The quantitative estimate of drug-likeness (QED) is 0.0909. The number of unbranched alkanes of at least 4 members (excludes halogenated alkanes) is 18. The molecule has 2 nitrogen and oxygen atoms in total. The Labute approximate surface area is 221 Å². The maximum absolute atomic E-state index is 6.07. The molecule has 0 unspecified atom stereocenters. The molecular formula is C31H55BrO2. The molecule has 0 spiro atoms. The van der Waals surface area contributed by atoms with Crippen molar-refractivity contribution in [3.05, 3.63) is 23.8 Å². The molecule has 0 fully saturated rings. The van der Waals surface area contributed by atoms with Crippen LogP contribution in [0, 0.1) is 0 Å². The summed E-state index contributed by atoms with van der Waals surface area (Å²) >= 11 is 3.59. The zero-order chi connectivity index (χ0) is 24.5. The van der Waals surface area contributed by atoms with Gasteiger partial charge in [-0.15, -0.1) is 0 Å². The molecule has 0 N–H and O–H groups in total. The number of alkyl halides is 1. The van der Waals surface area contributed by atoms with Crippen LogP contribution in [0.25, 0.3) is 0 Å². The van der Waals surface area contributed by atoms with Crippen LogP contribution >= 0.6 is 15.9 Å². The third-order valence-electron chi connectivity index (χ3n) is 6.63. The van der Waals surface area contributed by atoms with Gasteiger partial charge in [0.2, 0.25) is 0 Å². The summed E-state index contributed by atoms with van der Waals surface area (Å²) in [5.41, 5.74) is 1.22. The zero-order valence-corrected chi connectivity index (χ0v) is 24.3. The van der Waals surface area contributed by atoms with Crippen molar-refractivity contribution in [2.24, 2.45) is 0 Å². The average Bonchev–Trinajstić information content (AvgIpc) is 2.85. The van der Waals surface area contributed by atoms with Crippen LogP contribution in [-0.4, -0.2) is 13.2 Å². The first kappa shape index (κ1) is 31.3. The van der Waals surface area contributed by atoms with Gasteiger partial charge in [-0.1, -0.05) is 145 Å². The Balaban J connectivity index is 2.10. The predicted molar refractivity (Wildman–Crippen MR) is 154 cm³/mol. The van der Waals surface area contributed by atoms with Crippen LogP contribution in [0.2, 0.25) is 0 Å². The van der Waals surface area contributed by atoms with Crippen molar-refractivity contribution in [3.8, 4) is 11.5 Å². The average molecular weight is 540 g/mol. The molecule has 0 radical (unpaired) electrons. The van der Waals surface area contributed by atoms with Gasteiger partial charge in [-0.2, -0.15) is 0 Å². The summed E-state index contributed by atoms with van der Waals surface area (Å²) in [6.07, 6.45) is 27.1. The Morgan fingerprint density at radius 2 is 0.794 bits per heavy atom. The molecular weight excluding hydrogens is 484 g/mol. The minimum absolute atomic E-state index is 0.806. The van der Waals surface area contributed by atoms with Gasteiger partial charge in [0, 0.05) is 11.4 Å². The van der Waals surface area contributed by atoms with Crippen molar-refractivity contribution < 1.29 is 9.47 Å². The fraction of sp³-hybridized carbons (Fsp3) is 0.806. The fourth-order valence-corrected chi connectivity index (χ4v) is 4.76. The van der Waals surface area contributed by atoms with E-state index < -0.39 is 0 Å². The van der Waals surface area contributed by atoms with Gasteiger partial charge >= 0.3 is 0 Å². The van der Waals surface area contributed by atoms with Crippen molar-refractivity contribution >= 4 is 15.9 Å². The molecule has 0 aromatic heterocycles. The molecule has 0 aliphatic heterocycles. The lowest BCUT2D eigenvalue weighted by molar-refractivity contribution is 0.289. The molecule has 0 amide bonds. The lowest BCUT2D eigenvalue weighted by Crippen LogP contribution is -2.01. The van der Waals surface area contributed by atoms with Crippen LogP contribution in [0.3, 0.4) is 0 Å². The number of ether oxygens (including phenoxy) is 2. The van der Waals surface area contributed by atoms with E-state index in [1.165, 1.54) is 121 Å². The summed E-state index contributed by atoms with van der Waals surface area (Å²) in [5, 5.41) is 0.830. The second-order valence-electron chi connectivity index (χ2n) is 10.0. The highest BCUT2D eigenvalue weighted by molar-refractivity contribution is 9.08. The lowest BCUT2D eigenvalue weighted by atomic mass is 10.1. The van der Waals surface area contributed by atoms with Crippen LogP contribution in [0.1, 0.15) is 148 Å². The number of rotatable bonds is 25. The van der Waals surface area contributed by atoms with Crippen LogP contribution in [0.4, 0.5) is 0 Å².